The first-order valence-electron chi connectivity index (χ1n) is 10.3. The normalized spacial score (nSPS) is 17.1. The van der Waals surface area contributed by atoms with E-state index < -0.39 is 11.7 Å². The van der Waals surface area contributed by atoms with E-state index in [4.69, 9.17) is 10.5 Å². The number of fused-ring (bicyclic) bond motifs is 4. The molecule has 1 aromatic carbocycles. The van der Waals surface area contributed by atoms with Gasteiger partial charge in [-0.1, -0.05) is 18.6 Å². The molecule has 7 heteroatoms. The van der Waals surface area contributed by atoms with E-state index in [-0.39, 0.29) is 11.9 Å². The molecule has 7 nitrogen and oxygen atoms in total. The maximum atomic E-state index is 12.5. The predicted octanol–water partition coefficient (Wildman–Crippen LogP) is 4.29. The molecule has 2 bridgehead atoms. The predicted molar refractivity (Wildman–Crippen MR) is 117 cm³/mol. The lowest BCUT2D eigenvalue weighted by Gasteiger charge is -2.24. The lowest BCUT2D eigenvalue weighted by molar-refractivity contribution is -0.116. The molecular weight excluding hydrogens is 380 g/mol. The van der Waals surface area contributed by atoms with Crippen molar-refractivity contribution in [3.05, 3.63) is 47.8 Å². The van der Waals surface area contributed by atoms with Gasteiger partial charge in [0.05, 0.1) is 11.7 Å². The summed E-state index contributed by atoms with van der Waals surface area (Å²) in [6.45, 7) is 5.89. The number of pyridine rings is 1. The highest BCUT2D eigenvalue weighted by Crippen LogP contribution is 2.32. The fourth-order valence-corrected chi connectivity index (χ4v) is 3.47. The van der Waals surface area contributed by atoms with Crippen molar-refractivity contribution in [2.75, 3.05) is 5.32 Å². The number of rotatable bonds is 2. The SMILES string of the molecule is CC(C)(C)OC(=O)NC1CCCCC(=O)Nc2cc(CN)ccc2-c2ccnc1c2. The molecule has 0 spiro atoms. The summed E-state index contributed by atoms with van der Waals surface area (Å²) in [7, 11) is 0. The highest BCUT2D eigenvalue weighted by atomic mass is 16.6. The number of carbonyl (C=O) groups is 2. The maximum Gasteiger partial charge on any atom is 0.408 e. The molecule has 1 atom stereocenters. The Hall–Kier alpha value is -2.93. The minimum Gasteiger partial charge on any atom is -0.444 e. The minimum absolute atomic E-state index is 0.0306. The Morgan fingerprint density at radius 2 is 2.07 bits per heavy atom. The smallest absolute Gasteiger partial charge is 0.408 e. The van der Waals surface area contributed by atoms with Crippen LogP contribution in [0.25, 0.3) is 11.1 Å². The minimum atomic E-state index is -0.581. The number of aromatic nitrogens is 1. The second kappa shape index (κ2) is 9.26. The summed E-state index contributed by atoms with van der Waals surface area (Å²) in [6, 6.07) is 9.38. The number of nitrogens with two attached hydrogens (primary N) is 1. The van der Waals surface area contributed by atoms with Gasteiger partial charge in [0.15, 0.2) is 0 Å². The van der Waals surface area contributed by atoms with E-state index in [1.54, 1.807) is 6.20 Å². The van der Waals surface area contributed by atoms with E-state index in [0.29, 0.717) is 25.8 Å². The zero-order valence-electron chi connectivity index (χ0n) is 17.8. The number of amides is 2. The number of ether oxygens (including phenoxy) is 1. The number of carbonyl (C=O) groups excluding carboxylic acids is 2. The number of hydrogen-bond donors (Lipinski definition) is 3. The Morgan fingerprint density at radius 3 is 2.80 bits per heavy atom. The molecule has 4 N–H and O–H groups in total. The van der Waals surface area contributed by atoms with Crippen molar-refractivity contribution < 1.29 is 14.3 Å². The van der Waals surface area contributed by atoms with Gasteiger partial charge < -0.3 is 21.1 Å². The Bertz CT molecular complexity index is 921. The third kappa shape index (κ3) is 5.79. The summed E-state index contributed by atoms with van der Waals surface area (Å²) >= 11 is 0. The average Bonchev–Trinajstić information content (AvgIpc) is 2.68. The Morgan fingerprint density at radius 1 is 1.27 bits per heavy atom. The molecule has 160 valence electrons. The van der Waals surface area contributed by atoms with Crippen LogP contribution in [0.4, 0.5) is 10.5 Å². The quantitative estimate of drug-likeness (QED) is 0.685. The highest BCUT2D eigenvalue weighted by molar-refractivity contribution is 5.95. The number of benzene rings is 1. The summed E-state index contributed by atoms with van der Waals surface area (Å²) in [5, 5.41) is 5.98. The van der Waals surface area contributed by atoms with Gasteiger partial charge in [0, 0.05) is 30.4 Å². The molecule has 2 aromatic rings. The van der Waals surface area contributed by atoms with Gasteiger partial charge in [0.25, 0.3) is 0 Å². The van der Waals surface area contributed by atoms with Crippen molar-refractivity contribution >= 4 is 17.7 Å². The maximum absolute atomic E-state index is 12.5. The van der Waals surface area contributed by atoms with Crippen molar-refractivity contribution in [2.24, 2.45) is 5.73 Å². The van der Waals surface area contributed by atoms with E-state index in [0.717, 1.165) is 34.5 Å². The number of alkyl carbamates (subject to hydrolysis) is 1. The number of anilines is 1. The first-order valence-corrected chi connectivity index (χ1v) is 10.3. The largest absolute Gasteiger partial charge is 0.444 e. The van der Waals surface area contributed by atoms with Crippen LogP contribution in [0, 0.1) is 0 Å². The summed E-state index contributed by atoms with van der Waals surface area (Å²) < 4.78 is 5.43. The Balaban J connectivity index is 1.98. The van der Waals surface area contributed by atoms with Crippen molar-refractivity contribution in [1.82, 2.24) is 10.3 Å². The van der Waals surface area contributed by atoms with Crippen LogP contribution in [0.3, 0.4) is 0 Å². The summed E-state index contributed by atoms with van der Waals surface area (Å²) in [5.74, 6) is -0.0306. The van der Waals surface area contributed by atoms with E-state index in [2.05, 4.69) is 15.6 Å². The fourth-order valence-electron chi connectivity index (χ4n) is 3.47. The van der Waals surface area contributed by atoms with Crippen molar-refractivity contribution in [1.29, 1.82) is 0 Å². The second-order valence-electron chi connectivity index (χ2n) is 8.55. The van der Waals surface area contributed by atoms with Crippen LogP contribution in [0.15, 0.2) is 36.5 Å². The van der Waals surface area contributed by atoms with Gasteiger partial charge in [-0.25, -0.2) is 4.79 Å². The van der Waals surface area contributed by atoms with E-state index in [1.165, 1.54) is 0 Å². The molecule has 1 aliphatic rings. The first-order chi connectivity index (χ1) is 14.2. The molecular formula is C23H30N4O3. The number of hydrogen-bond acceptors (Lipinski definition) is 5. The van der Waals surface area contributed by atoms with Gasteiger partial charge in [-0.15, -0.1) is 0 Å². The summed E-state index contributed by atoms with van der Waals surface area (Å²) in [5.41, 5.74) is 9.45. The fraction of sp³-hybridized carbons (Fsp3) is 0.435. The summed E-state index contributed by atoms with van der Waals surface area (Å²) in [4.78, 5) is 29.4. The molecule has 2 heterocycles. The number of nitrogens with zero attached hydrogens (tertiary/aromatic N) is 1. The van der Waals surface area contributed by atoms with Crippen LogP contribution in [0.5, 0.6) is 0 Å². The number of nitrogens with one attached hydrogen (secondary N) is 2. The Labute approximate surface area is 177 Å². The van der Waals surface area contributed by atoms with Crippen molar-refractivity contribution in [2.45, 2.75) is 64.6 Å². The molecule has 3 rings (SSSR count). The van der Waals surface area contributed by atoms with Crippen molar-refractivity contribution in [3.8, 4) is 11.1 Å². The zero-order chi connectivity index (χ0) is 21.7. The van der Waals surface area contributed by atoms with Gasteiger partial charge in [-0.3, -0.25) is 9.78 Å². The lowest BCUT2D eigenvalue weighted by atomic mass is 9.97. The molecule has 0 saturated heterocycles. The molecule has 0 aliphatic carbocycles. The molecule has 0 radical (unpaired) electrons. The third-order valence-corrected chi connectivity index (χ3v) is 4.88. The molecule has 1 unspecified atom stereocenters. The van der Waals surface area contributed by atoms with E-state index in [9.17, 15) is 9.59 Å². The van der Waals surface area contributed by atoms with Gasteiger partial charge in [0.1, 0.15) is 5.60 Å². The van der Waals surface area contributed by atoms with Crippen LogP contribution in [-0.4, -0.2) is 22.6 Å². The standard InChI is InChI=1S/C23H30N4O3/c1-23(2,3)30-22(29)27-18-6-4-5-7-21(28)26-19-12-15(14-24)8-9-17(19)16-10-11-25-20(18)13-16/h8-13,18H,4-7,14,24H2,1-3H3,(H,26,28)(H,27,29). The molecule has 30 heavy (non-hydrogen) atoms. The average molecular weight is 411 g/mol. The third-order valence-electron chi connectivity index (χ3n) is 4.88. The van der Waals surface area contributed by atoms with Crippen LogP contribution in [-0.2, 0) is 16.1 Å². The topological polar surface area (TPSA) is 106 Å². The van der Waals surface area contributed by atoms with Gasteiger partial charge in [0.2, 0.25) is 5.91 Å². The zero-order valence-corrected chi connectivity index (χ0v) is 17.8. The highest BCUT2D eigenvalue weighted by Gasteiger charge is 2.22. The molecule has 0 saturated carbocycles. The lowest BCUT2D eigenvalue weighted by Crippen LogP contribution is -2.35. The van der Waals surface area contributed by atoms with Crippen LogP contribution in [0.1, 0.15) is 63.8 Å². The second-order valence-corrected chi connectivity index (χ2v) is 8.55. The summed E-state index contributed by atoms with van der Waals surface area (Å²) in [6.07, 6.45) is 3.81. The molecule has 0 fully saturated rings. The Kier molecular flexibility index (Phi) is 6.72. The van der Waals surface area contributed by atoms with Gasteiger partial charge >= 0.3 is 6.09 Å². The first kappa shape index (κ1) is 21.8. The molecule has 1 aromatic heterocycles. The molecule has 1 aliphatic heterocycles. The van der Waals surface area contributed by atoms with Gasteiger partial charge in [-0.05, 0) is 62.9 Å². The van der Waals surface area contributed by atoms with Crippen LogP contribution in [0.2, 0.25) is 0 Å². The van der Waals surface area contributed by atoms with E-state index in [1.807, 2.05) is 51.1 Å². The van der Waals surface area contributed by atoms with E-state index >= 15 is 0 Å². The molecule has 2 amide bonds. The van der Waals surface area contributed by atoms with Crippen LogP contribution < -0.4 is 16.4 Å². The van der Waals surface area contributed by atoms with Crippen LogP contribution >= 0.6 is 0 Å². The van der Waals surface area contributed by atoms with Gasteiger partial charge in [-0.2, -0.15) is 0 Å². The van der Waals surface area contributed by atoms with Crippen molar-refractivity contribution in [3.63, 3.8) is 0 Å². The monoisotopic (exact) mass is 410 g/mol.